The number of carbonyl (C=O) groups excluding carboxylic acids is 1. The number of hydrogen-bond acceptors (Lipinski definition) is 3. The lowest BCUT2D eigenvalue weighted by Gasteiger charge is -2.30. The maximum Gasteiger partial charge on any atom is 0.150 e. The molecule has 0 spiro atoms. The van der Waals surface area contributed by atoms with E-state index in [0.717, 1.165) is 23.2 Å². The molecule has 3 nitrogen and oxygen atoms in total. The summed E-state index contributed by atoms with van der Waals surface area (Å²) in [5.74, 6) is 0.727. The van der Waals surface area contributed by atoms with Crippen molar-refractivity contribution in [2.45, 2.75) is 5.60 Å². The van der Waals surface area contributed by atoms with Gasteiger partial charge in [0.2, 0.25) is 0 Å². The number of benzene rings is 3. The maximum absolute atomic E-state index is 11.6. The van der Waals surface area contributed by atoms with Crippen molar-refractivity contribution >= 4 is 6.29 Å². The fraction of sp³-hybridized carbons (Fsp3) is 0.0952. The molecule has 0 radical (unpaired) electrons. The van der Waals surface area contributed by atoms with Crippen molar-refractivity contribution in [3.05, 3.63) is 101 Å². The summed E-state index contributed by atoms with van der Waals surface area (Å²) in [6.45, 7) is 0. The first-order valence-electron chi connectivity index (χ1n) is 7.66. The first kappa shape index (κ1) is 16.0. The summed E-state index contributed by atoms with van der Waals surface area (Å²) in [5.41, 5.74) is 1.45. The highest BCUT2D eigenvalue weighted by atomic mass is 16.5. The van der Waals surface area contributed by atoms with E-state index in [0.29, 0.717) is 11.1 Å². The van der Waals surface area contributed by atoms with Gasteiger partial charge in [-0.05, 0) is 28.8 Å². The molecule has 24 heavy (non-hydrogen) atoms. The third-order valence-electron chi connectivity index (χ3n) is 4.16. The summed E-state index contributed by atoms with van der Waals surface area (Å²) in [6.07, 6.45) is 0.790. The predicted molar refractivity (Wildman–Crippen MR) is 93.4 cm³/mol. The van der Waals surface area contributed by atoms with Crippen LogP contribution >= 0.6 is 0 Å². The molecule has 0 bridgehead atoms. The van der Waals surface area contributed by atoms with Crippen LogP contribution in [0.5, 0.6) is 5.75 Å². The van der Waals surface area contributed by atoms with Gasteiger partial charge in [0.1, 0.15) is 17.6 Å². The molecule has 0 heterocycles. The van der Waals surface area contributed by atoms with Crippen molar-refractivity contribution in [1.82, 2.24) is 0 Å². The number of aliphatic hydroxyl groups is 1. The first-order valence-corrected chi connectivity index (χ1v) is 7.66. The van der Waals surface area contributed by atoms with Crippen LogP contribution in [0.4, 0.5) is 0 Å². The number of rotatable bonds is 5. The molecule has 3 heteroatoms. The Bertz CT molecular complexity index is 808. The van der Waals surface area contributed by atoms with Crippen molar-refractivity contribution in [3.63, 3.8) is 0 Å². The Hall–Kier alpha value is -2.91. The Morgan fingerprint density at radius 3 is 1.79 bits per heavy atom. The number of hydrogen-bond donors (Lipinski definition) is 1. The molecule has 0 aliphatic heterocycles. The van der Waals surface area contributed by atoms with Crippen molar-refractivity contribution in [2.75, 3.05) is 7.11 Å². The maximum atomic E-state index is 11.6. The van der Waals surface area contributed by atoms with E-state index < -0.39 is 5.60 Å². The average Bonchev–Trinajstić information content (AvgIpc) is 2.68. The largest absolute Gasteiger partial charge is 0.497 e. The predicted octanol–water partition coefficient (Wildman–Crippen LogP) is 3.79. The van der Waals surface area contributed by atoms with Crippen LogP contribution in [0.3, 0.4) is 0 Å². The Kier molecular flexibility index (Phi) is 4.45. The van der Waals surface area contributed by atoms with Gasteiger partial charge < -0.3 is 9.84 Å². The van der Waals surface area contributed by atoms with Crippen LogP contribution in [0.1, 0.15) is 27.0 Å². The van der Waals surface area contributed by atoms with Crippen LogP contribution in [0.2, 0.25) is 0 Å². The van der Waals surface area contributed by atoms with Gasteiger partial charge in [0.25, 0.3) is 0 Å². The van der Waals surface area contributed by atoms with Gasteiger partial charge in [-0.15, -0.1) is 0 Å². The number of carbonyl (C=O) groups is 1. The Balaban J connectivity index is 2.17. The van der Waals surface area contributed by atoms with E-state index in [1.165, 1.54) is 0 Å². The lowest BCUT2D eigenvalue weighted by atomic mass is 9.80. The summed E-state index contributed by atoms with van der Waals surface area (Å²) in [7, 11) is 1.61. The number of ether oxygens (including phenoxy) is 1. The first-order chi connectivity index (χ1) is 11.7. The molecular formula is C21H18O3. The Morgan fingerprint density at radius 1 is 0.792 bits per heavy atom. The minimum Gasteiger partial charge on any atom is -0.497 e. The molecule has 0 amide bonds. The molecule has 3 rings (SSSR count). The summed E-state index contributed by atoms with van der Waals surface area (Å²) >= 11 is 0. The lowest BCUT2D eigenvalue weighted by Crippen LogP contribution is -2.28. The van der Waals surface area contributed by atoms with E-state index in [4.69, 9.17) is 4.74 Å². The van der Waals surface area contributed by atoms with Crippen molar-refractivity contribution in [2.24, 2.45) is 0 Å². The lowest BCUT2D eigenvalue weighted by molar-refractivity contribution is 0.112. The number of aldehydes is 1. The van der Waals surface area contributed by atoms with Crippen LogP contribution in [0.15, 0.2) is 78.9 Å². The van der Waals surface area contributed by atoms with E-state index in [2.05, 4.69) is 0 Å². The molecule has 1 atom stereocenters. The van der Waals surface area contributed by atoms with E-state index >= 15 is 0 Å². The Labute approximate surface area is 141 Å². The third kappa shape index (κ3) is 2.82. The molecule has 1 N–H and O–H groups in total. The zero-order valence-electron chi connectivity index (χ0n) is 13.3. The monoisotopic (exact) mass is 318 g/mol. The van der Waals surface area contributed by atoms with Gasteiger partial charge in [0.15, 0.2) is 0 Å². The second-order valence-electron chi connectivity index (χ2n) is 5.54. The topological polar surface area (TPSA) is 46.5 Å². The summed E-state index contributed by atoms with van der Waals surface area (Å²) < 4.78 is 5.20. The smallest absolute Gasteiger partial charge is 0.150 e. The standard InChI is InChI=1S/C21H18O3/c1-24-20-13-11-19(12-14-20)21(23,17-5-3-2-4-6-17)18-9-7-16(15-22)8-10-18/h2-15,23H,1H3. The van der Waals surface area contributed by atoms with Gasteiger partial charge in [-0.2, -0.15) is 0 Å². The van der Waals surface area contributed by atoms with Gasteiger partial charge in [-0.25, -0.2) is 0 Å². The molecule has 0 saturated carbocycles. The molecule has 0 aromatic heterocycles. The molecular weight excluding hydrogens is 300 g/mol. The molecule has 3 aromatic carbocycles. The highest BCUT2D eigenvalue weighted by Gasteiger charge is 2.33. The molecule has 0 fully saturated rings. The fourth-order valence-electron chi connectivity index (χ4n) is 2.81. The van der Waals surface area contributed by atoms with Gasteiger partial charge in [-0.1, -0.05) is 66.7 Å². The van der Waals surface area contributed by atoms with E-state index in [1.54, 1.807) is 31.4 Å². The zero-order chi connectivity index (χ0) is 17.0. The second-order valence-corrected chi connectivity index (χ2v) is 5.54. The minimum absolute atomic E-state index is 0.573. The highest BCUT2D eigenvalue weighted by Crippen LogP contribution is 2.37. The average molecular weight is 318 g/mol. The van der Waals surface area contributed by atoms with Crippen LogP contribution in [-0.4, -0.2) is 18.5 Å². The summed E-state index contributed by atoms with van der Waals surface area (Å²) in [4.78, 5) is 10.9. The van der Waals surface area contributed by atoms with Crippen LogP contribution in [-0.2, 0) is 5.60 Å². The van der Waals surface area contributed by atoms with E-state index in [-0.39, 0.29) is 0 Å². The van der Waals surface area contributed by atoms with Crippen molar-refractivity contribution in [1.29, 1.82) is 0 Å². The van der Waals surface area contributed by atoms with E-state index in [1.807, 2.05) is 54.6 Å². The van der Waals surface area contributed by atoms with Crippen LogP contribution in [0.25, 0.3) is 0 Å². The highest BCUT2D eigenvalue weighted by molar-refractivity contribution is 5.74. The van der Waals surface area contributed by atoms with Crippen molar-refractivity contribution in [3.8, 4) is 5.75 Å². The quantitative estimate of drug-likeness (QED) is 0.575. The van der Waals surface area contributed by atoms with Crippen LogP contribution in [0, 0.1) is 0 Å². The molecule has 3 aromatic rings. The van der Waals surface area contributed by atoms with Crippen LogP contribution < -0.4 is 4.74 Å². The molecule has 0 aliphatic carbocycles. The van der Waals surface area contributed by atoms with Gasteiger partial charge in [-0.3, -0.25) is 4.79 Å². The summed E-state index contributed by atoms with van der Waals surface area (Å²) in [6, 6.07) is 23.8. The van der Waals surface area contributed by atoms with Crippen molar-refractivity contribution < 1.29 is 14.6 Å². The van der Waals surface area contributed by atoms with Gasteiger partial charge in [0.05, 0.1) is 7.11 Å². The van der Waals surface area contributed by atoms with E-state index in [9.17, 15) is 9.90 Å². The van der Waals surface area contributed by atoms with Gasteiger partial charge >= 0.3 is 0 Å². The minimum atomic E-state index is -1.31. The SMILES string of the molecule is COc1ccc(C(O)(c2ccccc2)c2ccc(C=O)cc2)cc1. The zero-order valence-corrected chi connectivity index (χ0v) is 13.3. The molecule has 0 saturated heterocycles. The fourth-order valence-corrected chi connectivity index (χ4v) is 2.81. The normalized spacial score (nSPS) is 13.1. The van der Waals surface area contributed by atoms with Gasteiger partial charge in [0, 0.05) is 5.56 Å². The second kappa shape index (κ2) is 6.69. The Morgan fingerprint density at radius 2 is 1.29 bits per heavy atom. The molecule has 0 aliphatic rings. The number of methoxy groups -OCH3 is 1. The third-order valence-corrected chi connectivity index (χ3v) is 4.16. The molecule has 1 unspecified atom stereocenters. The molecule has 120 valence electrons. The summed E-state index contributed by atoms with van der Waals surface area (Å²) in [5, 5.41) is 11.6.